The summed E-state index contributed by atoms with van der Waals surface area (Å²) in [5, 5.41) is 13.1. The molecule has 0 aromatic heterocycles. The van der Waals surface area contributed by atoms with Gasteiger partial charge in [0.1, 0.15) is 0 Å². The van der Waals surface area contributed by atoms with Gasteiger partial charge in [-0.05, 0) is 49.9 Å². The molecule has 0 spiro atoms. The fraction of sp³-hybridized carbons (Fsp3) is 0.947. The minimum atomic E-state index is -0.341. The quantitative estimate of drug-likeness (QED) is 0.809. The second-order valence-electron chi connectivity index (χ2n) is 8.17. The third kappa shape index (κ3) is 4.97. The van der Waals surface area contributed by atoms with Crippen molar-refractivity contribution in [3.63, 3.8) is 0 Å². The summed E-state index contributed by atoms with van der Waals surface area (Å²) >= 11 is 0. The lowest BCUT2D eigenvalue weighted by Gasteiger charge is -2.34. The molecule has 3 atom stereocenters. The van der Waals surface area contributed by atoms with E-state index in [1.165, 1.54) is 32.1 Å². The van der Waals surface area contributed by atoms with Gasteiger partial charge >= 0.3 is 0 Å². The Bertz CT molecular complexity index is 347. The van der Waals surface area contributed by atoms with Gasteiger partial charge in [-0.3, -0.25) is 4.79 Å². The van der Waals surface area contributed by atoms with Crippen molar-refractivity contribution in [2.75, 3.05) is 0 Å². The number of hydrogen-bond acceptors (Lipinski definition) is 2. The molecule has 2 rings (SSSR count). The minimum Gasteiger partial charge on any atom is -0.391 e. The fourth-order valence-corrected chi connectivity index (χ4v) is 4.40. The molecule has 3 unspecified atom stereocenters. The Hall–Kier alpha value is -0.570. The molecule has 2 N–H and O–H groups in total. The van der Waals surface area contributed by atoms with Crippen LogP contribution >= 0.6 is 0 Å². The lowest BCUT2D eigenvalue weighted by molar-refractivity contribution is -0.128. The molecular weight excluding hydrogens is 274 g/mol. The molecule has 22 heavy (non-hydrogen) atoms. The van der Waals surface area contributed by atoms with Crippen molar-refractivity contribution in [3.8, 4) is 0 Å². The maximum Gasteiger partial charge on any atom is 0.223 e. The zero-order chi connectivity index (χ0) is 16.1. The Labute approximate surface area is 136 Å². The molecule has 2 aliphatic rings. The van der Waals surface area contributed by atoms with E-state index in [0.717, 1.165) is 37.5 Å². The Morgan fingerprint density at radius 1 is 1.05 bits per heavy atom. The van der Waals surface area contributed by atoms with Crippen LogP contribution in [-0.4, -0.2) is 23.2 Å². The molecule has 0 aromatic carbocycles. The smallest absolute Gasteiger partial charge is 0.223 e. The van der Waals surface area contributed by atoms with Crippen LogP contribution in [0.2, 0.25) is 0 Å². The summed E-state index contributed by atoms with van der Waals surface area (Å²) in [6.07, 6.45) is 9.92. The molecule has 2 saturated carbocycles. The Morgan fingerprint density at radius 3 is 2.27 bits per heavy atom. The first-order valence-electron chi connectivity index (χ1n) is 9.45. The number of rotatable bonds is 5. The number of aliphatic hydroxyl groups is 1. The van der Waals surface area contributed by atoms with Gasteiger partial charge < -0.3 is 10.4 Å². The van der Waals surface area contributed by atoms with Crippen molar-refractivity contribution in [2.45, 2.75) is 90.7 Å². The van der Waals surface area contributed by atoms with Crippen molar-refractivity contribution in [2.24, 2.45) is 23.7 Å². The second kappa shape index (κ2) is 8.33. The van der Waals surface area contributed by atoms with Crippen LogP contribution in [0.5, 0.6) is 0 Å². The monoisotopic (exact) mass is 309 g/mol. The topological polar surface area (TPSA) is 49.3 Å². The summed E-state index contributed by atoms with van der Waals surface area (Å²) in [6.45, 7) is 6.69. The highest BCUT2D eigenvalue weighted by atomic mass is 16.3. The van der Waals surface area contributed by atoms with E-state index in [2.05, 4.69) is 26.1 Å². The van der Waals surface area contributed by atoms with Crippen molar-refractivity contribution in [1.82, 2.24) is 5.32 Å². The van der Waals surface area contributed by atoms with E-state index in [0.29, 0.717) is 5.92 Å². The summed E-state index contributed by atoms with van der Waals surface area (Å²) in [6, 6.07) is -0.0130. The van der Waals surface area contributed by atoms with Crippen LogP contribution in [-0.2, 0) is 4.79 Å². The predicted molar refractivity (Wildman–Crippen MR) is 90.5 cm³/mol. The van der Waals surface area contributed by atoms with Gasteiger partial charge in [0.25, 0.3) is 0 Å². The Morgan fingerprint density at radius 2 is 1.68 bits per heavy atom. The van der Waals surface area contributed by atoms with Crippen LogP contribution in [0.3, 0.4) is 0 Å². The standard InChI is InChI=1S/C19H35NO2/c1-13(2)12-15-8-10-16(11-9-15)14(3)19(22)20-17-6-4-5-7-18(17)21/h13-18,21H,4-12H2,1-3H3,(H,20,22). The van der Waals surface area contributed by atoms with Crippen molar-refractivity contribution in [1.29, 1.82) is 0 Å². The first-order chi connectivity index (χ1) is 10.5. The van der Waals surface area contributed by atoms with Gasteiger partial charge in [0.15, 0.2) is 0 Å². The Balaban J connectivity index is 1.76. The highest BCUT2D eigenvalue weighted by Gasteiger charge is 2.31. The van der Waals surface area contributed by atoms with Crippen molar-refractivity contribution >= 4 is 5.91 Å². The number of carbonyl (C=O) groups excluding carboxylic acids is 1. The third-order valence-corrected chi connectivity index (χ3v) is 5.87. The average Bonchev–Trinajstić information content (AvgIpc) is 2.49. The van der Waals surface area contributed by atoms with Crippen LogP contribution in [0.1, 0.15) is 78.6 Å². The van der Waals surface area contributed by atoms with Crippen LogP contribution in [0.4, 0.5) is 0 Å². The molecule has 2 aliphatic carbocycles. The molecule has 128 valence electrons. The third-order valence-electron chi connectivity index (χ3n) is 5.87. The van der Waals surface area contributed by atoms with Gasteiger partial charge in [0.05, 0.1) is 12.1 Å². The first-order valence-corrected chi connectivity index (χ1v) is 9.45. The van der Waals surface area contributed by atoms with E-state index >= 15 is 0 Å². The Kier molecular flexibility index (Phi) is 6.73. The second-order valence-corrected chi connectivity index (χ2v) is 8.17. The van der Waals surface area contributed by atoms with Gasteiger partial charge in [0, 0.05) is 5.92 Å². The van der Waals surface area contributed by atoms with E-state index in [1.807, 2.05) is 0 Å². The minimum absolute atomic E-state index is 0.0130. The van der Waals surface area contributed by atoms with Gasteiger partial charge in [0.2, 0.25) is 5.91 Å². The molecule has 0 saturated heterocycles. The normalized spacial score (nSPS) is 34.4. The summed E-state index contributed by atoms with van der Waals surface area (Å²) < 4.78 is 0. The van der Waals surface area contributed by atoms with E-state index in [1.54, 1.807) is 0 Å². The molecule has 1 amide bonds. The zero-order valence-corrected chi connectivity index (χ0v) is 14.7. The van der Waals surface area contributed by atoms with Crippen LogP contribution in [0.25, 0.3) is 0 Å². The molecule has 0 radical (unpaired) electrons. The van der Waals surface area contributed by atoms with E-state index in [4.69, 9.17) is 0 Å². The van der Waals surface area contributed by atoms with Gasteiger partial charge in [-0.2, -0.15) is 0 Å². The summed E-state index contributed by atoms with van der Waals surface area (Å²) in [5.74, 6) is 2.44. The summed E-state index contributed by atoms with van der Waals surface area (Å²) in [4.78, 5) is 12.5. The van der Waals surface area contributed by atoms with E-state index in [-0.39, 0.29) is 24.0 Å². The maximum absolute atomic E-state index is 12.5. The summed E-state index contributed by atoms with van der Waals surface area (Å²) in [5.41, 5.74) is 0. The van der Waals surface area contributed by atoms with E-state index < -0.39 is 0 Å². The largest absolute Gasteiger partial charge is 0.391 e. The lowest BCUT2D eigenvalue weighted by Crippen LogP contribution is -2.48. The predicted octanol–water partition coefficient (Wildman–Crippen LogP) is 3.89. The lowest BCUT2D eigenvalue weighted by atomic mass is 9.74. The highest BCUT2D eigenvalue weighted by molar-refractivity contribution is 5.79. The number of carbonyl (C=O) groups is 1. The molecule has 3 nitrogen and oxygen atoms in total. The van der Waals surface area contributed by atoms with Gasteiger partial charge in [-0.1, -0.05) is 46.5 Å². The summed E-state index contributed by atoms with van der Waals surface area (Å²) in [7, 11) is 0. The number of hydrogen-bond donors (Lipinski definition) is 2. The number of nitrogens with one attached hydrogen (secondary N) is 1. The van der Waals surface area contributed by atoms with Crippen LogP contribution in [0.15, 0.2) is 0 Å². The molecule has 2 fully saturated rings. The maximum atomic E-state index is 12.5. The molecule has 0 aromatic rings. The molecule has 0 heterocycles. The first kappa shape index (κ1) is 17.8. The molecule has 0 aliphatic heterocycles. The molecular formula is C19H35NO2. The zero-order valence-electron chi connectivity index (χ0n) is 14.7. The van der Waals surface area contributed by atoms with Crippen LogP contribution < -0.4 is 5.32 Å². The van der Waals surface area contributed by atoms with Crippen molar-refractivity contribution in [3.05, 3.63) is 0 Å². The highest BCUT2D eigenvalue weighted by Crippen LogP contribution is 2.36. The molecule has 3 heteroatoms. The average molecular weight is 309 g/mol. The van der Waals surface area contributed by atoms with Gasteiger partial charge in [-0.25, -0.2) is 0 Å². The van der Waals surface area contributed by atoms with Crippen molar-refractivity contribution < 1.29 is 9.90 Å². The number of aliphatic hydroxyl groups excluding tert-OH is 1. The fourth-order valence-electron chi connectivity index (χ4n) is 4.40. The molecule has 0 bridgehead atoms. The van der Waals surface area contributed by atoms with Crippen LogP contribution in [0, 0.1) is 23.7 Å². The van der Waals surface area contributed by atoms with Gasteiger partial charge in [-0.15, -0.1) is 0 Å². The SMILES string of the molecule is CC(C)CC1CCC(C(C)C(=O)NC2CCCCC2O)CC1. The number of amides is 1. The van der Waals surface area contributed by atoms with E-state index in [9.17, 15) is 9.90 Å².